The molecule has 3 atom stereocenters. The molecular weight excluding hydrogens is 278 g/mol. The summed E-state index contributed by atoms with van der Waals surface area (Å²) in [5, 5.41) is 0. The number of hydrogen-bond acceptors (Lipinski definition) is 2. The molecule has 1 heterocycles. The molecule has 0 spiro atoms. The van der Waals surface area contributed by atoms with Crippen LogP contribution >= 0.6 is 0 Å². The van der Waals surface area contributed by atoms with E-state index >= 15 is 0 Å². The fourth-order valence-electron chi connectivity index (χ4n) is 3.06. The normalized spacial score (nSPS) is 22.8. The van der Waals surface area contributed by atoms with E-state index in [0.717, 1.165) is 29.8 Å². The summed E-state index contributed by atoms with van der Waals surface area (Å²) in [6.45, 7) is 4.07. The predicted octanol–water partition coefficient (Wildman–Crippen LogP) is -0.0138. The molecule has 2 rings (SSSR count). The molecule has 1 aliphatic heterocycles. The number of rotatable bonds is 5. The van der Waals surface area contributed by atoms with Crippen molar-refractivity contribution in [2.75, 3.05) is 26.7 Å². The van der Waals surface area contributed by atoms with Gasteiger partial charge in [-0.25, -0.2) is 0 Å². The van der Waals surface area contributed by atoms with Gasteiger partial charge in [0.25, 0.3) is 5.91 Å². The van der Waals surface area contributed by atoms with Gasteiger partial charge >= 0.3 is 0 Å². The maximum atomic E-state index is 12.5. The Labute approximate surface area is 132 Å². The van der Waals surface area contributed by atoms with Crippen LogP contribution in [0.15, 0.2) is 30.3 Å². The van der Waals surface area contributed by atoms with E-state index < -0.39 is 0 Å². The Morgan fingerprint density at radius 2 is 2.05 bits per heavy atom. The topological polar surface area (TPSA) is 67.8 Å². The molecule has 22 heavy (non-hydrogen) atoms. The highest BCUT2D eigenvalue weighted by molar-refractivity contribution is 5.78. The molecule has 0 aromatic heterocycles. The van der Waals surface area contributed by atoms with Crippen molar-refractivity contribution in [3.05, 3.63) is 35.9 Å². The highest BCUT2D eigenvalue weighted by Crippen LogP contribution is 2.17. The van der Waals surface area contributed by atoms with Crippen LogP contribution in [0.3, 0.4) is 0 Å². The van der Waals surface area contributed by atoms with Crippen LogP contribution in [0.1, 0.15) is 31.4 Å². The molecule has 1 aromatic rings. The van der Waals surface area contributed by atoms with E-state index in [9.17, 15) is 9.59 Å². The standard InChI is InChI=1S/C17H25N3O2/c1-13(14-7-4-3-5-8-14)19(2)16(21)12-20-10-6-9-15(11-20)17(18)22/h3-5,7-8,13,15H,6,9-12H2,1-2H3,(H2,18,22)/p+1/t13-,15+/m1/s1. The molecule has 0 bridgehead atoms. The number of likely N-dealkylation sites (N-methyl/N-ethyl adjacent to an activating group) is 1. The lowest BCUT2D eigenvalue weighted by molar-refractivity contribution is -0.899. The van der Waals surface area contributed by atoms with Gasteiger partial charge in [0, 0.05) is 7.05 Å². The van der Waals surface area contributed by atoms with Crippen molar-refractivity contribution in [3.8, 4) is 0 Å². The lowest BCUT2D eigenvalue weighted by atomic mass is 9.97. The average molecular weight is 304 g/mol. The summed E-state index contributed by atoms with van der Waals surface area (Å²) in [4.78, 5) is 26.8. The molecule has 3 N–H and O–H groups in total. The van der Waals surface area contributed by atoms with Crippen molar-refractivity contribution in [2.45, 2.75) is 25.8 Å². The monoisotopic (exact) mass is 304 g/mol. The van der Waals surface area contributed by atoms with E-state index in [1.54, 1.807) is 4.90 Å². The quantitative estimate of drug-likeness (QED) is 0.803. The van der Waals surface area contributed by atoms with Gasteiger partial charge < -0.3 is 15.5 Å². The number of carbonyl (C=O) groups is 2. The zero-order valence-electron chi connectivity index (χ0n) is 13.4. The van der Waals surface area contributed by atoms with E-state index in [4.69, 9.17) is 5.73 Å². The lowest BCUT2D eigenvalue weighted by Gasteiger charge is -2.31. The molecule has 1 aromatic carbocycles. The third-order valence-corrected chi connectivity index (χ3v) is 4.68. The van der Waals surface area contributed by atoms with Crippen LogP contribution in [-0.4, -0.2) is 43.4 Å². The van der Waals surface area contributed by atoms with Gasteiger partial charge in [-0.2, -0.15) is 0 Å². The molecule has 5 heteroatoms. The Morgan fingerprint density at radius 1 is 1.36 bits per heavy atom. The molecule has 1 fully saturated rings. The number of hydrogen-bond donors (Lipinski definition) is 2. The second-order valence-corrected chi connectivity index (χ2v) is 6.21. The van der Waals surface area contributed by atoms with Gasteiger partial charge in [0.1, 0.15) is 0 Å². The molecule has 0 radical (unpaired) electrons. The number of nitrogens with zero attached hydrogens (tertiary/aromatic N) is 1. The van der Waals surface area contributed by atoms with Crippen molar-refractivity contribution in [1.82, 2.24) is 4.90 Å². The predicted molar refractivity (Wildman–Crippen MR) is 85.1 cm³/mol. The summed E-state index contributed by atoms with van der Waals surface area (Å²) in [5.74, 6) is -0.222. The fraction of sp³-hybridized carbons (Fsp3) is 0.529. The number of likely N-dealkylation sites (tertiary alicyclic amines) is 1. The van der Waals surface area contributed by atoms with Crippen LogP contribution in [0, 0.1) is 5.92 Å². The molecule has 0 aliphatic carbocycles. The van der Waals surface area contributed by atoms with Gasteiger partial charge in [0.15, 0.2) is 6.54 Å². The second-order valence-electron chi connectivity index (χ2n) is 6.21. The van der Waals surface area contributed by atoms with Crippen molar-refractivity contribution in [3.63, 3.8) is 0 Å². The number of piperidine rings is 1. The maximum absolute atomic E-state index is 12.5. The summed E-state index contributed by atoms with van der Waals surface area (Å²) in [6, 6.07) is 10.1. The molecule has 120 valence electrons. The van der Waals surface area contributed by atoms with Gasteiger partial charge in [-0.1, -0.05) is 30.3 Å². The summed E-state index contributed by atoms with van der Waals surface area (Å²) in [7, 11) is 1.84. The van der Waals surface area contributed by atoms with E-state index in [0.29, 0.717) is 13.1 Å². The number of carbonyl (C=O) groups excluding carboxylic acids is 2. The van der Waals surface area contributed by atoms with E-state index in [-0.39, 0.29) is 23.8 Å². The van der Waals surface area contributed by atoms with Gasteiger partial charge in [-0.15, -0.1) is 0 Å². The van der Waals surface area contributed by atoms with Crippen LogP contribution in [-0.2, 0) is 9.59 Å². The Morgan fingerprint density at radius 3 is 2.68 bits per heavy atom. The SMILES string of the molecule is C[C@H](c1ccccc1)N(C)C(=O)C[NH+]1CCC[C@H](C(N)=O)C1. The minimum Gasteiger partial charge on any atom is -0.369 e. The molecular formula is C17H26N3O2+. The van der Waals surface area contributed by atoms with Crippen molar-refractivity contribution >= 4 is 11.8 Å². The zero-order valence-corrected chi connectivity index (χ0v) is 13.4. The minimum atomic E-state index is -0.240. The van der Waals surface area contributed by atoms with Gasteiger partial charge in [-0.3, -0.25) is 9.59 Å². The Balaban J connectivity index is 1.92. The van der Waals surface area contributed by atoms with Gasteiger partial charge in [0.2, 0.25) is 5.91 Å². The molecule has 5 nitrogen and oxygen atoms in total. The highest BCUT2D eigenvalue weighted by atomic mass is 16.2. The number of nitrogens with one attached hydrogen (secondary N) is 1. The lowest BCUT2D eigenvalue weighted by Crippen LogP contribution is -3.14. The smallest absolute Gasteiger partial charge is 0.278 e. The van der Waals surface area contributed by atoms with Crippen LogP contribution in [0.4, 0.5) is 0 Å². The number of quaternary nitrogens is 1. The number of benzene rings is 1. The summed E-state index contributed by atoms with van der Waals surface area (Å²) in [6.07, 6.45) is 1.80. The number of amides is 2. The van der Waals surface area contributed by atoms with Gasteiger partial charge in [-0.05, 0) is 25.3 Å². The van der Waals surface area contributed by atoms with E-state index in [2.05, 4.69) is 0 Å². The largest absolute Gasteiger partial charge is 0.369 e. The Hall–Kier alpha value is -1.88. The van der Waals surface area contributed by atoms with Crippen LogP contribution < -0.4 is 10.6 Å². The first-order valence-electron chi connectivity index (χ1n) is 7.92. The van der Waals surface area contributed by atoms with Gasteiger partial charge in [0.05, 0.1) is 25.0 Å². The molecule has 1 saturated heterocycles. The summed E-state index contributed by atoms with van der Waals surface area (Å²) >= 11 is 0. The summed E-state index contributed by atoms with van der Waals surface area (Å²) in [5.41, 5.74) is 6.52. The fourth-order valence-corrected chi connectivity index (χ4v) is 3.06. The molecule has 0 saturated carbocycles. The first kappa shape index (κ1) is 16.5. The highest BCUT2D eigenvalue weighted by Gasteiger charge is 2.29. The average Bonchev–Trinajstić information content (AvgIpc) is 2.54. The number of nitrogens with two attached hydrogens (primary N) is 1. The third-order valence-electron chi connectivity index (χ3n) is 4.68. The number of primary amides is 1. The molecule has 1 aliphatic rings. The summed E-state index contributed by atoms with van der Waals surface area (Å²) < 4.78 is 0. The minimum absolute atomic E-state index is 0.0461. The zero-order chi connectivity index (χ0) is 16.1. The Kier molecular flexibility index (Phi) is 5.55. The third kappa shape index (κ3) is 4.07. The Bertz CT molecular complexity index is 518. The van der Waals surface area contributed by atoms with Crippen molar-refractivity contribution in [1.29, 1.82) is 0 Å². The van der Waals surface area contributed by atoms with E-state index in [1.165, 1.54) is 0 Å². The molecule has 1 unspecified atom stereocenters. The second kappa shape index (κ2) is 7.40. The van der Waals surface area contributed by atoms with Crippen molar-refractivity contribution in [2.24, 2.45) is 11.7 Å². The first-order valence-corrected chi connectivity index (χ1v) is 7.92. The molecule has 2 amide bonds. The first-order chi connectivity index (χ1) is 10.5. The maximum Gasteiger partial charge on any atom is 0.278 e. The van der Waals surface area contributed by atoms with Crippen LogP contribution in [0.25, 0.3) is 0 Å². The van der Waals surface area contributed by atoms with Crippen molar-refractivity contribution < 1.29 is 14.5 Å². The van der Waals surface area contributed by atoms with Crippen LogP contribution in [0.2, 0.25) is 0 Å². The van der Waals surface area contributed by atoms with E-state index in [1.807, 2.05) is 44.3 Å². The van der Waals surface area contributed by atoms with Crippen LogP contribution in [0.5, 0.6) is 0 Å².